The first kappa shape index (κ1) is 8.02. The first-order valence-corrected chi connectivity index (χ1v) is 4.54. The predicted octanol–water partition coefficient (Wildman–Crippen LogP) is 1.72. The average Bonchev–Trinajstić information content (AvgIpc) is 2.49. The van der Waals surface area contributed by atoms with E-state index in [-0.39, 0.29) is 0 Å². The third-order valence-electron chi connectivity index (χ3n) is 2.45. The summed E-state index contributed by atoms with van der Waals surface area (Å²) in [5, 5.41) is 0.843. The van der Waals surface area contributed by atoms with E-state index in [2.05, 4.69) is 4.98 Å². The minimum absolute atomic E-state index is 0.429. The Balaban J connectivity index is 2.46. The SMILES string of the molecule is NCC1CCc2c(Cl)ccnc21. The molecule has 0 saturated carbocycles. The second-order valence-corrected chi connectivity index (χ2v) is 3.54. The number of nitrogens with zero attached hydrogens (tertiary/aromatic N) is 1. The highest BCUT2D eigenvalue weighted by molar-refractivity contribution is 6.31. The van der Waals surface area contributed by atoms with E-state index >= 15 is 0 Å². The highest BCUT2D eigenvalue weighted by Crippen LogP contribution is 2.34. The van der Waals surface area contributed by atoms with Gasteiger partial charge in [0.05, 0.1) is 0 Å². The van der Waals surface area contributed by atoms with Crippen LogP contribution in [0, 0.1) is 0 Å². The van der Waals surface area contributed by atoms with Crippen LogP contribution in [-0.2, 0) is 6.42 Å². The van der Waals surface area contributed by atoms with Crippen molar-refractivity contribution in [2.75, 3.05) is 6.54 Å². The molecule has 64 valence electrons. The van der Waals surface area contributed by atoms with Gasteiger partial charge in [-0.05, 0) is 24.5 Å². The van der Waals surface area contributed by atoms with Gasteiger partial charge in [0.2, 0.25) is 0 Å². The summed E-state index contributed by atoms with van der Waals surface area (Å²) >= 11 is 6.01. The highest BCUT2D eigenvalue weighted by Gasteiger charge is 2.24. The van der Waals surface area contributed by atoms with Crippen molar-refractivity contribution < 1.29 is 0 Å². The summed E-state index contributed by atoms with van der Waals surface area (Å²) in [5.41, 5.74) is 7.93. The van der Waals surface area contributed by atoms with Gasteiger partial charge in [0.15, 0.2) is 0 Å². The molecule has 1 aliphatic rings. The van der Waals surface area contributed by atoms with Crippen LogP contribution < -0.4 is 5.73 Å². The third kappa shape index (κ3) is 1.11. The fourth-order valence-electron chi connectivity index (χ4n) is 1.77. The maximum Gasteiger partial charge on any atom is 0.0494 e. The standard InChI is InChI=1S/C9H11ClN2/c10-8-3-4-12-9-6(5-11)1-2-7(8)9/h3-4,6H,1-2,5,11H2. The lowest BCUT2D eigenvalue weighted by molar-refractivity contribution is 0.674. The molecule has 0 radical (unpaired) electrons. The lowest BCUT2D eigenvalue weighted by Gasteiger charge is -2.06. The molecule has 12 heavy (non-hydrogen) atoms. The van der Waals surface area contributed by atoms with Crippen molar-refractivity contribution in [1.29, 1.82) is 0 Å². The van der Waals surface area contributed by atoms with E-state index in [0.717, 1.165) is 23.6 Å². The van der Waals surface area contributed by atoms with Crippen LogP contribution in [0.3, 0.4) is 0 Å². The number of hydrogen-bond acceptors (Lipinski definition) is 2. The number of rotatable bonds is 1. The second kappa shape index (κ2) is 3.04. The van der Waals surface area contributed by atoms with E-state index < -0.39 is 0 Å². The molecule has 0 aliphatic heterocycles. The number of hydrogen-bond donors (Lipinski definition) is 1. The molecule has 0 bridgehead atoms. The van der Waals surface area contributed by atoms with Crippen LogP contribution >= 0.6 is 11.6 Å². The van der Waals surface area contributed by atoms with Crippen molar-refractivity contribution in [3.63, 3.8) is 0 Å². The minimum atomic E-state index is 0.429. The van der Waals surface area contributed by atoms with Gasteiger partial charge in [-0.25, -0.2) is 0 Å². The van der Waals surface area contributed by atoms with Gasteiger partial charge in [0.1, 0.15) is 0 Å². The quantitative estimate of drug-likeness (QED) is 0.719. The largest absolute Gasteiger partial charge is 0.330 e. The van der Waals surface area contributed by atoms with Gasteiger partial charge in [-0.2, -0.15) is 0 Å². The van der Waals surface area contributed by atoms with Crippen LogP contribution in [0.2, 0.25) is 5.02 Å². The maximum atomic E-state index is 6.01. The number of aromatic nitrogens is 1. The summed E-state index contributed by atoms with van der Waals surface area (Å²) in [7, 11) is 0. The number of nitrogens with two attached hydrogens (primary N) is 1. The zero-order valence-corrected chi connectivity index (χ0v) is 7.51. The zero-order chi connectivity index (χ0) is 8.55. The van der Waals surface area contributed by atoms with E-state index in [1.165, 1.54) is 5.56 Å². The molecule has 2 nitrogen and oxygen atoms in total. The fraction of sp³-hybridized carbons (Fsp3) is 0.444. The van der Waals surface area contributed by atoms with Gasteiger partial charge in [0.25, 0.3) is 0 Å². The van der Waals surface area contributed by atoms with Gasteiger partial charge in [-0.3, -0.25) is 4.98 Å². The molecular formula is C9H11ClN2. The summed E-state index contributed by atoms with van der Waals surface area (Å²) in [4.78, 5) is 4.31. The van der Waals surface area contributed by atoms with Crippen molar-refractivity contribution in [2.45, 2.75) is 18.8 Å². The monoisotopic (exact) mass is 182 g/mol. The topological polar surface area (TPSA) is 38.9 Å². The molecule has 1 aromatic rings. The lowest BCUT2D eigenvalue weighted by atomic mass is 10.1. The normalized spacial score (nSPS) is 21.0. The van der Waals surface area contributed by atoms with Crippen molar-refractivity contribution in [2.24, 2.45) is 5.73 Å². The van der Waals surface area contributed by atoms with Gasteiger partial charge in [-0.1, -0.05) is 11.6 Å². The summed E-state index contributed by atoms with van der Waals surface area (Å²) in [6.45, 7) is 0.681. The van der Waals surface area contributed by atoms with Crippen LogP contribution in [0.4, 0.5) is 0 Å². The van der Waals surface area contributed by atoms with E-state index in [1.807, 2.05) is 6.07 Å². The maximum absolute atomic E-state index is 6.01. The third-order valence-corrected chi connectivity index (χ3v) is 2.80. The van der Waals surface area contributed by atoms with E-state index in [0.29, 0.717) is 12.5 Å². The first-order valence-electron chi connectivity index (χ1n) is 4.16. The van der Waals surface area contributed by atoms with E-state index in [9.17, 15) is 0 Å². The molecule has 1 aliphatic carbocycles. The second-order valence-electron chi connectivity index (χ2n) is 3.13. The highest BCUT2D eigenvalue weighted by atomic mass is 35.5. The van der Waals surface area contributed by atoms with Crippen molar-refractivity contribution >= 4 is 11.6 Å². The molecule has 2 N–H and O–H groups in total. The van der Waals surface area contributed by atoms with Crippen LogP contribution in [0.25, 0.3) is 0 Å². The lowest BCUT2D eigenvalue weighted by Crippen LogP contribution is -2.10. The minimum Gasteiger partial charge on any atom is -0.330 e. The Labute approximate surface area is 76.7 Å². The summed E-state index contributed by atoms with van der Waals surface area (Å²) in [5.74, 6) is 0.429. The van der Waals surface area contributed by atoms with Gasteiger partial charge < -0.3 is 5.73 Å². The molecule has 0 spiro atoms. The van der Waals surface area contributed by atoms with Crippen LogP contribution in [0.15, 0.2) is 12.3 Å². The molecule has 1 heterocycles. The molecular weight excluding hydrogens is 172 g/mol. The van der Waals surface area contributed by atoms with E-state index in [4.69, 9.17) is 17.3 Å². The predicted molar refractivity (Wildman–Crippen MR) is 49.4 cm³/mol. The molecule has 2 rings (SSSR count). The average molecular weight is 183 g/mol. The summed E-state index contributed by atoms with van der Waals surface area (Å²) in [6.07, 6.45) is 3.89. The molecule has 1 atom stereocenters. The molecule has 0 aromatic carbocycles. The van der Waals surface area contributed by atoms with Crippen LogP contribution in [0.5, 0.6) is 0 Å². The van der Waals surface area contributed by atoms with Gasteiger partial charge in [0, 0.05) is 29.4 Å². The van der Waals surface area contributed by atoms with Crippen LogP contribution in [0.1, 0.15) is 23.6 Å². The molecule has 1 unspecified atom stereocenters. The van der Waals surface area contributed by atoms with Crippen molar-refractivity contribution in [3.8, 4) is 0 Å². The molecule has 0 fully saturated rings. The van der Waals surface area contributed by atoms with Crippen molar-refractivity contribution in [1.82, 2.24) is 4.98 Å². The van der Waals surface area contributed by atoms with Gasteiger partial charge >= 0.3 is 0 Å². The first-order chi connectivity index (χ1) is 5.83. The Hall–Kier alpha value is -0.600. The zero-order valence-electron chi connectivity index (χ0n) is 6.76. The molecule has 1 aromatic heterocycles. The number of fused-ring (bicyclic) bond motifs is 1. The summed E-state index contributed by atoms with van der Waals surface area (Å²) < 4.78 is 0. The number of pyridine rings is 1. The Morgan fingerprint density at radius 3 is 3.25 bits per heavy atom. The Morgan fingerprint density at radius 2 is 2.50 bits per heavy atom. The number of halogens is 1. The summed E-state index contributed by atoms with van der Waals surface area (Å²) in [6, 6.07) is 1.85. The molecule has 0 saturated heterocycles. The smallest absolute Gasteiger partial charge is 0.0494 e. The van der Waals surface area contributed by atoms with Crippen LogP contribution in [-0.4, -0.2) is 11.5 Å². The Bertz CT molecular complexity index is 299. The fourth-order valence-corrected chi connectivity index (χ4v) is 2.02. The molecule has 3 heteroatoms. The van der Waals surface area contributed by atoms with E-state index in [1.54, 1.807) is 6.20 Å². The molecule has 0 amide bonds. The Kier molecular flexibility index (Phi) is 2.03. The van der Waals surface area contributed by atoms with Gasteiger partial charge in [-0.15, -0.1) is 0 Å². The Morgan fingerprint density at radius 1 is 1.67 bits per heavy atom. The van der Waals surface area contributed by atoms with Crippen molar-refractivity contribution in [3.05, 3.63) is 28.5 Å².